The molecule has 1 unspecified atom stereocenters. The molecule has 1 heterocycles. The average Bonchev–Trinajstić information content (AvgIpc) is 3.05. The second-order valence-electron chi connectivity index (χ2n) is 9.02. The number of aliphatic hydroxyl groups is 1. The largest absolute Gasteiger partial charge is 0.493 e. The summed E-state index contributed by atoms with van der Waals surface area (Å²) in [5.74, 6) is 1.04. The Kier molecular flexibility index (Phi) is 7.68. The van der Waals surface area contributed by atoms with E-state index in [1.165, 1.54) is 23.1 Å². The van der Waals surface area contributed by atoms with Gasteiger partial charge in [-0.25, -0.2) is 0 Å². The predicted octanol–water partition coefficient (Wildman–Crippen LogP) is 4.75. The van der Waals surface area contributed by atoms with Crippen LogP contribution in [-0.2, 0) is 19.3 Å². The number of Topliss-reactive ketones (excluding diaryl/α,β-unsaturated/α-hetero) is 1. The van der Waals surface area contributed by atoms with Crippen LogP contribution >= 0.6 is 22.9 Å². The molecule has 1 aromatic carbocycles. The van der Waals surface area contributed by atoms with E-state index in [1.54, 1.807) is 17.4 Å². The molecule has 0 radical (unpaired) electrons. The summed E-state index contributed by atoms with van der Waals surface area (Å²) < 4.78 is 11.0. The number of hydrogen-bond donors (Lipinski definition) is 2. The zero-order chi connectivity index (χ0) is 22.8. The molecule has 0 spiro atoms. The highest BCUT2D eigenvalue weighted by atomic mass is 35.5. The van der Waals surface area contributed by atoms with Crippen molar-refractivity contribution in [2.45, 2.75) is 59.0 Å². The lowest BCUT2D eigenvalue weighted by Gasteiger charge is -2.30. The van der Waals surface area contributed by atoms with Crippen molar-refractivity contribution in [2.24, 2.45) is 11.1 Å². The van der Waals surface area contributed by atoms with Crippen LogP contribution in [-0.4, -0.2) is 37.3 Å². The summed E-state index contributed by atoms with van der Waals surface area (Å²) in [5.41, 5.74) is 9.28. The van der Waals surface area contributed by atoms with E-state index < -0.39 is 6.10 Å². The fraction of sp³-hybridized carbons (Fsp3) is 0.542. The molecule has 0 bridgehead atoms. The zero-order valence-corrected chi connectivity index (χ0v) is 20.3. The number of ketones is 1. The average molecular weight is 466 g/mol. The molecule has 3 rings (SSSR count). The summed E-state index contributed by atoms with van der Waals surface area (Å²) >= 11 is 8.04. The Labute approximate surface area is 193 Å². The molecule has 0 saturated heterocycles. The molecule has 1 aromatic heterocycles. The van der Waals surface area contributed by atoms with Crippen molar-refractivity contribution >= 4 is 28.7 Å². The molecule has 1 atom stereocenters. The lowest BCUT2D eigenvalue weighted by molar-refractivity contribution is 0.0985. The number of thiophene rings is 1. The number of rotatable bonds is 9. The number of methoxy groups -OCH3 is 1. The Bertz CT molecular complexity index is 954. The van der Waals surface area contributed by atoms with Gasteiger partial charge in [0.05, 0.1) is 17.0 Å². The molecular formula is C24H32ClNO4S. The number of hydrogen-bond acceptors (Lipinski definition) is 6. The number of ether oxygens (including phenoxy) is 2. The molecule has 170 valence electrons. The van der Waals surface area contributed by atoms with Gasteiger partial charge in [-0.05, 0) is 66.8 Å². The maximum atomic E-state index is 13.1. The minimum absolute atomic E-state index is 0.0318. The van der Waals surface area contributed by atoms with E-state index in [0.717, 1.165) is 29.7 Å². The molecule has 5 nitrogen and oxygen atoms in total. The summed E-state index contributed by atoms with van der Waals surface area (Å²) in [5, 5.41) is 10.0. The van der Waals surface area contributed by atoms with Crippen molar-refractivity contribution in [1.29, 1.82) is 0 Å². The van der Waals surface area contributed by atoms with E-state index in [0.29, 0.717) is 34.8 Å². The van der Waals surface area contributed by atoms with Crippen LogP contribution in [0.15, 0.2) is 12.1 Å². The van der Waals surface area contributed by atoms with Crippen molar-refractivity contribution in [3.63, 3.8) is 0 Å². The van der Waals surface area contributed by atoms with Crippen LogP contribution in [0.2, 0.25) is 5.02 Å². The third-order valence-corrected chi connectivity index (χ3v) is 7.41. The van der Waals surface area contributed by atoms with E-state index in [9.17, 15) is 9.90 Å². The van der Waals surface area contributed by atoms with Gasteiger partial charge in [-0.3, -0.25) is 4.79 Å². The molecule has 0 fully saturated rings. The molecule has 31 heavy (non-hydrogen) atoms. The SMILES string of the molecule is COc1cc(CCC(=O)c2sc(C)c3c2CCC(C)(C)C3)cc(Cl)c1OCC(O)CN. The second kappa shape index (κ2) is 9.90. The number of halogens is 1. The standard InChI is InChI=1S/C24H32ClNO4S/c1-14-18-11-24(2,3)8-7-17(18)23(31-14)20(28)6-5-15-9-19(25)22(21(10-15)29-4)30-13-16(27)12-26/h9-10,16,27H,5-8,11-13,26H2,1-4H3. The highest BCUT2D eigenvalue weighted by molar-refractivity contribution is 7.14. The Balaban J connectivity index is 1.72. The van der Waals surface area contributed by atoms with Gasteiger partial charge in [0.25, 0.3) is 0 Å². The molecule has 2 aromatic rings. The Morgan fingerprint density at radius 1 is 1.35 bits per heavy atom. The van der Waals surface area contributed by atoms with Crippen molar-refractivity contribution in [3.8, 4) is 11.5 Å². The highest BCUT2D eigenvalue weighted by Gasteiger charge is 2.31. The molecule has 1 aliphatic rings. The smallest absolute Gasteiger partial charge is 0.179 e. The van der Waals surface area contributed by atoms with Crippen molar-refractivity contribution < 1.29 is 19.4 Å². The summed E-state index contributed by atoms with van der Waals surface area (Å²) in [7, 11) is 1.54. The first-order valence-corrected chi connectivity index (χ1v) is 11.9. The Morgan fingerprint density at radius 3 is 2.77 bits per heavy atom. The van der Waals surface area contributed by atoms with Gasteiger partial charge in [-0.2, -0.15) is 0 Å². The number of carbonyl (C=O) groups excluding carboxylic acids is 1. The minimum Gasteiger partial charge on any atom is -0.493 e. The first-order valence-electron chi connectivity index (χ1n) is 10.7. The van der Waals surface area contributed by atoms with Gasteiger partial charge in [0.1, 0.15) is 12.7 Å². The van der Waals surface area contributed by atoms with Gasteiger partial charge in [0, 0.05) is 17.8 Å². The quantitative estimate of drug-likeness (QED) is 0.522. The Morgan fingerprint density at radius 2 is 2.10 bits per heavy atom. The van der Waals surface area contributed by atoms with E-state index in [1.807, 2.05) is 6.07 Å². The van der Waals surface area contributed by atoms with Gasteiger partial charge in [0.15, 0.2) is 17.3 Å². The van der Waals surface area contributed by atoms with Crippen LogP contribution in [0, 0.1) is 12.3 Å². The van der Waals surface area contributed by atoms with Crippen LogP contribution in [0.3, 0.4) is 0 Å². The first-order chi connectivity index (χ1) is 14.6. The number of aliphatic hydroxyl groups excluding tert-OH is 1. The second-order valence-corrected chi connectivity index (χ2v) is 10.7. The number of carbonyl (C=O) groups is 1. The molecular weight excluding hydrogens is 434 g/mol. The first kappa shape index (κ1) is 24.1. The topological polar surface area (TPSA) is 81.8 Å². The third kappa shape index (κ3) is 5.61. The predicted molar refractivity (Wildman–Crippen MR) is 126 cm³/mol. The maximum Gasteiger partial charge on any atom is 0.179 e. The van der Waals surface area contributed by atoms with Crippen LogP contribution in [0.25, 0.3) is 0 Å². The number of nitrogens with two attached hydrogens (primary N) is 1. The number of aryl methyl sites for hydroxylation is 2. The molecule has 3 N–H and O–H groups in total. The molecule has 0 aliphatic heterocycles. The normalized spacial score (nSPS) is 16.0. The van der Waals surface area contributed by atoms with E-state index in [-0.39, 0.29) is 18.9 Å². The van der Waals surface area contributed by atoms with Crippen LogP contribution in [0.5, 0.6) is 11.5 Å². The van der Waals surface area contributed by atoms with Gasteiger partial charge < -0.3 is 20.3 Å². The molecule has 1 aliphatic carbocycles. The Hall–Kier alpha value is -1.60. The van der Waals surface area contributed by atoms with E-state index in [4.69, 9.17) is 26.8 Å². The van der Waals surface area contributed by atoms with E-state index >= 15 is 0 Å². The van der Waals surface area contributed by atoms with Gasteiger partial charge in [-0.15, -0.1) is 11.3 Å². The third-order valence-electron chi connectivity index (χ3n) is 5.90. The molecule has 7 heteroatoms. The van der Waals surface area contributed by atoms with Crippen molar-refractivity contribution in [1.82, 2.24) is 0 Å². The number of benzene rings is 1. The molecule has 0 saturated carbocycles. The number of fused-ring (bicyclic) bond motifs is 1. The molecule has 0 amide bonds. The fourth-order valence-corrected chi connectivity index (χ4v) is 5.53. The summed E-state index contributed by atoms with van der Waals surface area (Å²) in [6.45, 7) is 6.87. The summed E-state index contributed by atoms with van der Waals surface area (Å²) in [4.78, 5) is 15.3. The maximum absolute atomic E-state index is 13.1. The summed E-state index contributed by atoms with van der Waals surface area (Å²) in [6, 6.07) is 3.63. The van der Waals surface area contributed by atoms with Gasteiger partial charge in [-0.1, -0.05) is 25.4 Å². The van der Waals surface area contributed by atoms with Gasteiger partial charge in [0.2, 0.25) is 0 Å². The van der Waals surface area contributed by atoms with Crippen molar-refractivity contribution in [3.05, 3.63) is 43.6 Å². The summed E-state index contributed by atoms with van der Waals surface area (Å²) in [6.07, 6.45) is 3.35. The fourth-order valence-electron chi connectivity index (χ4n) is 4.05. The van der Waals surface area contributed by atoms with E-state index in [2.05, 4.69) is 20.8 Å². The van der Waals surface area contributed by atoms with Crippen LogP contribution < -0.4 is 15.2 Å². The highest BCUT2D eigenvalue weighted by Crippen LogP contribution is 2.42. The minimum atomic E-state index is -0.774. The van der Waals surface area contributed by atoms with Crippen LogP contribution in [0.4, 0.5) is 0 Å². The van der Waals surface area contributed by atoms with Gasteiger partial charge >= 0.3 is 0 Å². The zero-order valence-electron chi connectivity index (χ0n) is 18.7. The monoisotopic (exact) mass is 465 g/mol. The lowest BCUT2D eigenvalue weighted by Crippen LogP contribution is -2.26. The van der Waals surface area contributed by atoms with Crippen molar-refractivity contribution in [2.75, 3.05) is 20.3 Å². The van der Waals surface area contributed by atoms with Crippen LogP contribution in [0.1, 0.15) is 57.9 Å². The lowest BCUT2D eigenvalue weighted by atomic mass is 9.74.